The van der Waals surface area contributed by atoms with Crippen LogP contribution in [0.1, 0.15) is 58.3 Å². The first-order valence-electron chi connectivity index (χ1n) is 6.70. The van der Waals surface area contributed by atoms with Gasteiger partial charge in [0.2, 0.25) is 5.91 Å². The van der Waals surface area contributed by atoms with Crippen molar-refractivity contribution in [2.24, 2.45) is 0 Å². The average Bonchev–Trinajstić information content (AvgIpc) is 2.70. The smallest absolute Gasteiger partial charge is 0.222 e. The molecule has 16 heavy (non-hydrogen) atoms. The Bertz CT molecular complexity index is 206. The molecular weight excluding hydrogens is 202 g/mol. The van der Waals surface area contributed by atoms with Crippen molar-refractivity contribution < 1.29 is 9.90 Å². The van der Waals surface area contributed by atoms with E-state index in [-0.39, 0.29) is 12.0 Å². The highest BCUT2D eigenvalue weighted by molar-refractivity contribution is 5.76. The van der Waals surface area contributed by atoms with Crippen LogP contribution in [0.4, 0.5) is 0 Å². The fraction of sp³-hybridized carbons (Fsp3) is 0.923. The van der Waals surface area contributed by atoms with Crippen LogP contribution in [0, 0.1) is 0 Å². The van der Waals surface area contributed by atoms with Crippen LogP contribution in [0.15, 0.2) is 0 Å². The van der Waals surface area contributed by atoms with E-state index >= 15 is 0 Å². The third kappa shape index (κ3) is 4.97. The summed E-state index contributed by atoms with van der Waals surface area (Å²) in [6.07, 6.45) is 8.44. The van der Waals surface area contributed by atoms with Gasteiger partial charge in [0.15, 0.2) is 0 Å². The van der Waals surface area contributed by atoms with Crippen LogP contribution in [0.2, 0.25) is 0 Å². The van der Waals surface area contributed by atoms with Crippen LogP contribution in [-0.4, -0.2) is 35.1 Å². The predicted molar refractivity (Wildman–Crippen MR) is 65.2 cm³/mol. The summed E-state index contributed by atoms with van der Waals surface area (Å²) in [5, 5.41) is 9.32. The molecule has 1 amide bonds. The molecule has 1 atom stereocenters. The van der Waals surface area contributed by atoms with E-state index in [0.29, 0.717) is 13.0 Å². The second-order valence-corrected chi connectivity index (χ2v) is 4.80. The van der Waals surface area contributed by atoms with Gasteiger partial charge in [-0.15, -0.1) is 0 Å². The Hall–Kier alpha value is -0.570. The van der Waals surface area contributed by atoms with Crippen molar-refractivity contribution in [2.45, 2.75) is 64.4 Å². The summed E-state index contributed by atoms with van der Waals surface area (Å²) in [4.78, 5) is 13.5. The summed E-state index contributed by atoms with van der Waals surface area (Å²) in [7, 11) is 0. The number of rotatable bonds is 7. The second-order valence-electron chi connectivity index (χ2n) is 4.80. The first kappa shape index (κ1) is 13.5. The Morgan fingerprint density at radius 2 is 1.94 bits per heavy atom. The third-order valence-corrected chi connectivity index (χ3v) is 3.26. The van der Waals surface area contributed by atoms with Gasteiger partial charge in [-0.3, -0.25) is 4.79 Å². The molecule has 94 valence electrons. The topological polar surface area (TPSA) is 40.5 Å². The summed E-state index contributed by atoms with van der Waals surface area (Å²) in [6, 6.07) is 0. The van der Waals surface area contributed by atoms with Gasteiger partial charge in [0.05, 0.1) is 6.10 Å². The summed E-state index contributed by atoms with van der Waals surface area (Å²) in [5.74, 6) is 0.229. The number of carbonyl (C=O) groups excluding carboxylic acids is 1. The van der Waals surface area contributed by atoms with E-state index in [0.717, 1.165) is 19.4 Å². The van der Waals surface area contributed by atoms with Crippen LogP contribution >= 0.6 is 0 Å². The van der Waals surface area contributed by atoms with E-state index in [1.165, 1.54) is 32.1 Å². The average molecular weight is 227 g/mol. The lowest BCUT2D eigenvalue weighted by Crippen LogP contribution is -2.29. The van der Waals surface area contributed by atoms with E-state index < -0.39 is 0 Å². The van der Waals surface area contributed by atoms with Crippen molar-refractivity contribution in [2.75, 3.05) is 13.1 Å². The molecule has 1 N–H and O–H groups in total. The van der Waals surface area contributed by atoms with Gasteiger partial charge >= 0.3 is 0 Å². The Kier molecular flexibility index (Phi) is 6.46. The number of unbranched alkanes of at least 4 members (excludes halogenated alkanes) is 5. The molecule has 0 unspecified atom stereocenters. The van der Waals surface area contributed by atoms with Gasteiger partial charge in [0.1, 0.15) is 0 Å². The predicted octanol–water partition coefficient (Wildman–Crippen LogP) is 2.33. The van der Waals surface area contributed by atoms with E-state index in [2.05, 4.69) is 6.92 Å². The highest BCUT2D eigenvalue weighted by Crippen LogP contribution is 2.13. The van der Waals surface area contributed by atoms with E-state index in [1.807, 2.05) is 0 Å². The maximum Gasteiger partial charge on any atom is 0.222 e. The Balaban J connectivity index is 1.98. The lowest BCUT2D eigenvalue weighted by Gasteiger charge is -2.15. The Morgan fingerprint density at radius 3 is 2.56 bits per heavy atom. The minimum Gasteiger partial charge on any atom is -0.391 e. The molecule has 3 nitrogen and oxygen atoms in total. The van der Waals surface area contributed by atoms with Crippen LogP contribution < -0.4 is 0 Å². The molecule has 3 heteroatoms. The van der Waals surface area contributed by atoms with Crippen molar-refractivity contribution in [1.82, 2.24) is 4.90 Å². The highest BCUT2D eigenvalue weighted by Gasteiger charge is 2.23. The molecule has 0 aromatic carbocycles. The molecule has 1 aliphatic rings. The van der Waals surface area contributed by atoms with Crippen LogP contribution in [0.5, 0.6) is 0 Å². The zero-order valence-corrected chi connectivity index (χ0v) is 10.5. The normalized spacial score (nSPS) is 20.4. The largest absolute Gasteiger partial charge is 0.391 e. The maximum absolute atomic E-state index is 11.7. The monoisotopic (exact) mass is 227 g/mol. The van der Waals surface area contributed by atoms with Gasteiger partial charge in [-0.25, -0.2) is 0 Å². The van der Waals surface area contributed by atoms with Gasteiger partial charge < -0.3 is 10.0 Å². The lowest BCUT2D eigenvalue weighted by molar-refractivity contribution is -0.130. The molecule has 0 bridgehead atoms. The van der Waals surface area contributed by atoms with Crippen molar-refractivity contribution in [3.8, 4) is 0 Å². The zero-order chi connectivity index (χ0) is 11.8. The van der Waals surface area contributed by atoms with Crippen molar-refractivity contribution >= 4 is 5.91 Å². The molecule has 0 aromatic rings. The van der Waals surface area contributed by atoms with Crippen molar-refractivity contribution in [3.63, 3.8) is 0 Å². The third-order valence-electron chi connectivity index (χ3n) is 3.26. The minimum atomic E-state index is -0.284. The van der Waals surface area contributed by atoms with Gasteiger partial charge in [-0.1, -0.05) is 39.0 Å². The summed E-state index contributed by atoms with van der Waals surface area (Å²) < 4.78 is 0. The van der Waals surface area contributed by atoms with E-state index in [4.69, 9.17) is 0 Å². The number of nitrogens with zero attached hydrogens (tertiary/aromatic N) is 1. The molecule has 1 saturated heterocycles. The Labute approximate surface area is 98.8 Å². The molecule has 1 heterocycles. The van der Waals surface area contributed by atoms with Gasteiger partial charge in [-0.05, 0) is 12.8 Å². The molecule has 0 aliphatic carbocycles. The van der Waals surface area contributed by atoms with Crippen LogP contribution in [-0.2, 0) is 4.79 Å². The molecule has 1 rings (SSSR count). The summed E-state index contributed by atoms with van der Waals surface area (Å²) in [5.41, 5.74) is 0. The van der Waals surface area contributed by atoms with Gasteiger partial charge in [0.25, 0.3) is 0 Å². The van der Waals surface area contributed by atoms with Crippen molar-refractivity contribution in [1.29, 1.82) is 0 Å². The number of hydrogen-bond acceptors (Lipinski definition) is 2. The quantitative estimate of drug-likeness (QED) is 0.678. The summed E-state index contributed by atoms with van der Waals surface area (Å²) in [6.45, 7) is 3.51. The fourth-order valence-electron chi connectivity index (χ4n) is 2.18. The van der Waals surface area contributed by atoms with Crippen LogP contribution in [0.3, 0.4) is 0 Å². The Morgan fingerprint density at radius 1 is 1.25 bits per heavy atom. The van der Waals surface area contributed by atoms with E-state index in [1.54, 1.807) is 4.90 Å². The number of amides is 1. The number of hydrogen-bond donors (Lipinski definition) is 1. The molecule has 1 aliphatic heterocycles. The molecular formula is C13H25NO2. The highest BCUT2D eigenvalue weighted by atomic mass is 16.3. The zero-order valence-electron chi connectivity index (χ0n) is 10.5. The van der Waals surface area contributed by atoms with Gasteiger partial charge in [0, 0.05) is 19.5 Å². The minimum absolute atomic E-state index is 0.229. The standard InChI is InChI=1S/C13H25NO2/c1-2-3-4-5-6-7-8-13(16)14-10-9-12(15)11-14/h12,15H,2-11H2,1H3/t12-/m0/s1. The number of β-amino-alcohol motifs (C(OH)–C–C–N with tert-alkyl or cyclic N) is 1. The molecule has 0 spiro atoms. The first-order chi connectivity index (χ1) is 7.74. The molecule has 0 aromatic heterocycles. The SMILES string of the molecule is CCCCCCCCC(=O)N1CC[C@H](O)C1. The lowest BCUT2D eigenvalue weighted by atomic mass is 10.1. The maximum atomic E-state index is 11.7. The number of likely N-dealkylation sites (tertiary alicyclic amines) is 1. The molecule has 1 fully saturated rings. The molecule has 0 radical (unpaired) electrons. The van der Waals surface area contributed by atoms with Crippen molar-refractivity contribution in [3.05, 3.63) is 0 Å². The summed E-state index contributed by atoms with van der Waals surface area (Å²) >= 11 is 0. The number of aliphatic hydroxyl groups is 1. The second kappa shape index (κ2) is 7.66. The number of aliphatic hydroxyl groups excluding tert-OH is 1. The van der Waals surface area contributed by atoms with Gasteiger partial charge in [-0.2, -0.15) is 0 Å². The number of carbonyl (C=O) groups is 1. The fourth-order valence-corrected chi connectivity index (χ4v) is 2.18. The molecule has 0 saturated carbocycles. The van der Waals surface area contributed by atoms with E-state index in [9.17, 15) is 9.90 Å². The first-order valence-corrected chi connectivity index (χ1v) is 6.70. The van der Waals surface area contributed by atoms with Crippen LogP contribution in [0.25, 0.3) is 0 Å².